The molecule has 9 heteroatoms. The molecule has 6 nitrogen and oxygen atoms in total. The summed E-state index contributed by atoms with van der Waals surface area (Å²) in [4.78, 5) is 25.5. The molecule has 1 aliphatic rings. The summed E-state index contributed by atoms with van der Waals surface area (Å²) in [6.07, 6.45) is 0.245. The third-order valence-electron chi connectivity index (χ3n) is 3.90. The van der Waals surface area contributed by atoms with Crippen LogP contribution in [0.3, 0.4) is 0 Å². The lowest BCUT2D eigenvalue weighted by molar-refractivity contribution is 0.0527. The molecule has 1 aromatic carbocycles. The van der Waals surface area contributed by atoms with E-state index in [0.29, 0.717) is 21.0 Å². The Balaban J connectivity index is 1.99. The van der Waals surface area contributed by atoms with Crippen LogP contribution in [0, 0.1) is 0 Å². The number of rotatable bonds is 4. The summed E-state index contributed by atoms with van der Waals surface area (Å²) in [6, 6.07) is 6.85. The molecule has 0 radical (unpaired) electrons. The molecule has 2 aromatic rings. The fourth-order valence-electron chi connectivity index (χ4n) is 2.73. The second-order valence-corrected chi connectivity index (χ2v) is 9.94. The van der Waals surface area contributed by atoms with Gasteiger partial charge in [-0.2, -0.15) is 0 Å². The van der Waals surface area contributed by atoms with Crippen LogP contribution in [0.25, 0.3) is 0 Å². The second kappa shape index (κ2) is 7.50. The van der Waals surface area contributed by atoms with E-state index in [9.17, 15) is 18.0 Å². The number of ether oxygens (including phenoxy) is 1. The Bertz CT molecular complexity index is 981. The molecule has 0 unspecified atom stereocenters. The molecule has 1 N–H and O–H groups in total. The average Bonchev–Trinajstić information content (AvgIpc) is 2.90. The largest absolute Gasteiger partial charge is 0.462 e. The Kier molecular flexibility index (Phi) is 5.50. The van der Waals surface area contributed by atoms with Crippen LogP contribution in [-0.2, 0) is 26.7 Å². The third-order valence-corrected chi connectivity index (χ3v) is 7.28. The number of esters is 1. The van der Waals surface area contributed by atoms with Gasteiger partial charge >= 0.3 is 5.97 Å². The Morgan fingerprint density at radius 1 is 1.35 bits per heavy atom. The van der Waals surface area contributed by atoms with Gasteiger partial charge < -0.3 is 10.1 Å². The zero-order valence-electron chi connectivity index (χ0n) is 13.9. The van der Waals surface area contributed by atoms with E-state index < -0.39 is 15.8 Å². The monoisotopic (exact) mass is 457 g/mol. The Hall–Kier alpha value is -1.71. The van der Waals surface area contributed by atoms with Gasteiger partial charge in [0.15, 0.2) is 9.84 Å². The highest BCUT2D eigenvalue weighted by Crippen LogP contribution is 2.38. The standard InChI is InChI=1S/C17H16BrNO5S2/c1-2-24-17(21)14-12-6-7-26(22,23)9-13(12)25-16(14)19-15(20)10-4-3-5-11(18)8-10/h3-5,8H,2,6-7,9H2,1H3,(H,19,20). The van der Waals surface area contributed by atoms with Crippen molar-refractivity contribution >= 4 is 54.0 Å². The van der Waals surface area contributed by atoms with Gasteiger partial charge in [-0.25, -0.2) is 13.2 Å². The number of benzene rings is 1. The molecule has 138 valence electrons. The summed E-state index contributed by atoms with van der Waals surface area (Å²) in [7, 11) is -3.18. The quantitative estimate of drug-likeness (QED) is 0.710. The molecule has 1 aliphatic heterocycles. The van der Waals surface area contributed by atoms with Crippen molar-refractivity contribution in [1.29, 1.82) is 0 Å². The van der Waals surface area contributed by atoms with Gasteiger partial charge in [0.1, 0.15) is 5.00 Å². The summed E-state index contributed by atoms with van der Waals surface area (Å²) in [5, 5.41) is 3.07. The van der Waals surface area contributed by atoms with Gasteiger partial charge in [0.05, 0.1) is 23.7 Å². The van der Waals surface area contributed by atoms with Crippen LogP contribution >= 0.6 is 27.3 Å². The number of nitrogens with one attached hydrogen (secondary N) is 1. The lowest BCUT2D eigenvalue weighted by Gasteiger charge is -2.13. The Morgan fingerprint density at radius 2 is 2.12 bits per heavy atom. The van der Waals surface area contributed by atoms with Crippen molar-refractivity contribution in [3.63, 3.8) is 0 Å². The summed E-state index contributed by atoms with van der Waals surface area (Å²) < 4.78 is 29.7. The van der Waals surface area contributed by atoms with Crippen LogP contribution in [0.15, 0.2) is 28.7 Å². The SMILES string of the molecule is CCOC(=O)c1c(NC(=O)c2cccc(Br)c2)sc2c1CCS(=O)(=O)C2. The minimum atomic E-state index is -3.18. The fraction of sp³-hybridized carbons (Fsp3) is 0.294. The molecule has 0 saturated heterocycles. The topological polar surface area (TPSA) is 89.5 Å². The number of hydrogen-bond acceptors (Lipinski definition) is 6. The van der Waals surface area contributed by atoms with Gasteiger partial charge in [0.2, 0.25) is 0 Å². The minimum absolute atomic E-state index is 0.0117. The number of anilines is 1. The first-order valence-corrected chi connectivity index (χ1v) is 11.3. The lowest BCUT2D eigenvalue weighted by Crippen LogP contribution is -2.20. The van der Waals surface area contributed by atoms with Gasteiger partial charge in [-0.3, -0.25) is 4.79 Å². The molecule has 26 heavy (non-hydrogen) atoms. The Labute approximate surface area is 163 Å². The highest BCUT2D eigenvalue weighted by atomic mass is 79.9. The highest BCUT2D eigenvalue weighted by molar-refractivity contribution is 9.10. The van der Waals surface area contributed by atoms with Crippen LogP contribution in [0.5, 0.6) is 0 Å². The van der Waals surface area contributed by atoms with Crippen LogP contribution < -0.4 is 5.32 Å². The maximum atomic E-state index is 12.5. The number of hydrogen-bond donors (Lipinski definition) is 1. The van der Waals surface area contributed by atoms with Gasteiger partial charge in [0.25, 0.3) is 5.91 Å². The van der Waals surface area contributed by atoms with E-state index in [1.165, 1.54) is 0 Å². The predicted molar refractivity (Wildman–Crippen MR) is 104 cm³/mol. The van der Waals surface area contributed by atoms with Crippen LogP contribution in [0.4, 0.5) is 5.00 Å². The molecule has 1 amide bonds. The lowest BCUT2D eigenvalue weighted by atomic mass is 10.1. The maximum Gasteiger partial charge on any atom is 0.341 e. The first-order valence-electron chi connectivity index (χ1n) is 7.89. The molecular weight excluding hydrogens is 442 g/mol. The zero-order valence-corrected chi connectivity index (χ0v) is 17.1. The van der Waals surface area contributed by atoms with Crippen molar-refractivity contribution in [3.05, 3.63) is 50.3 Å². The van der Waals surface area contributed by atoms with E-state index in [1.807, 2.05) is 0 Å². The molecule has 2 heterocycles. The van der Waals surface area contributed by atoms with E-state index in [-0.39, 0.29) is 36.0 Å². The molecule has 0 aliphatic carbocycles. The summed E-state index contributed by atoms with van der Waals surface area (Å²) in [6.45, 7) is 1.89. The molecule has 0 spiro atoms. The molecule has 0 saturated carbocycles. The van der Waals surface area contributed by atoms with Crippen molar-refractivity contribution in [3.8, 4) is 0 Å². The second-order valence-electron chi connectivity index (χ2n) is 5.73. The molecule has 0 fully saturated rings. The molecule has 0 atom stereocenters. The number of amides is 1. The summed E-state index contributed by atoms with van der Waals surface area (Å²) >= 11 is 4.44. The van der Waals surface area contributed by atoms with Gasteiger partial charge in [-0.05, 0) is 37.1 Å². The normalized spacial score (nSPS) is 15.2. The van der Waals surface area contributed by atoms with Crippen LogP contribution in [0.1, 0.15) is 38.1 Å². The van der Waals surface area contributed by atoms with Crippen LogP contribution in [-0.4, -0.2) is 32.7 Å². The van der Waals surface area contributed by atoms with E-state index in [0.717, 1.165) is 15.8 Å². The van der Waals surface area contributed by atoms with E-state index in [2.05, 4.69) is 21.2 Å². The summed E-state index contributed by atoms with van der Waals surface area (Å²) in [5.74, 6) is -1.05. The van der Waals surface area contributed by atoms with E-state index >= 15 is 0 Å². The highest BCUT2D eigenvalue weighted by Gasteiger charge is 2.32. The third kappa shape index (κ3) is 3.99. The molecule has 3 rings (SSSR count). The maximum absolute atomic E-state index is 12.5. The molecule has 0 bridgehead atoms. The van der Waals surface area contributed by atoms with Gasteiger partial charge in [-0.15, -0.1) is 11.3 Å². The van der Waals surface area contributed by atoms with Crippen molar-refractivity contribution in [2.45, 2.75) is 19.1 Å². The van der Waals surface area contributed by atoms with E-state index in [1.54, 1.807) is 31.2 Å². The van der Waals surface area contributed by atoms with Crippen molar-refractivity contribution in [2.24, 2.45) is 0 Å². The number of sulfone groups is 1. The number of thiophene rings is 1. The minimum Gasteiger partial charge on any atom is -0.462 e. The Morgan fingerprint density at radius 3 is 2.81 bits per heavy atom. The first-order chi connectivity index (χ1) is 12.3. The number of carbonyl (C=O) groups excluding carboxylic acids is 2. The smallest absolute Gasteiger partial charge is 0.341 e. The zero-order chi connectivity index (χ0) is 18.9. The van der Waals surface area contributed by atoms with Crippen molar-refractivity contribution in [2.75, 3.05) is 17.7 Å². The molecular formula is C17H16BrNO5S2. The number of halogens is 1. The van der Waals surface area contributed by atoms with Crippen molar-refractivity contribution in [1.82, 2.24) is 0 Å². The van der Waals surface area contributed by atoms with Gasteiger partial charge in [-0.1, -0.05) is 22.0 Å². The fourth-order valence-corrected chi connectivity index (χ4v) is 6.17. The number of fused-ring (bicyclic) bond motifs is 1. The predicted octanol–water partition coefficient (Wildman–Crippen LogP) is 3.41. The average molecular weight is 458 g/mol. The molecule has 1 aromatic heterocycles. The van der Waals surface area contributed by atoms with E-state index in [4.69, 9.17) is 4.74 Å². The number of carbonyl (C=O) groups is 2. The van der Waals surface area contributed by atoms with Crippen molar-refractivity contribution < 1.29 is 22.7 Å². The first kappa shape index (κ1) is 19.1. The van der Waals surface area contributed by atoms with Crippen LogP contribution in [0.2, 0.25) is 0 Å². The summed E-state index contributed by atoms with van der Waals surface area (Å²) in [5.41, 5.74) is 1.35. The van der Waals surface area contributed by atoms with Gasteiger partial charge in [0, 0.05) is 14.9 Å².